The van der Waals surface area contributed by atoms with Gasteiger partial charge in [-0.25, -0.2) is 18.9 Å². The van der Waals surface area contributed by atoms with Gasteiger partial charge < -0.3 is 14.7 Å². The Balaban J connectivity index is 1.22. The fraction of sp³-hybridized carbons (Fsp3) is 0.344. The number of carboxylic acids is 1. The first-order valence-electron chi connectivity index (χ1n) is 14.3. The maximum atomic E-state index is 13.8. The molecule has 2 aliphatic carbocycles. The number of amides is 3. The summed E-state index contributed by atoms with van der Waals surface area (Å²) in [4.78, 5) is 54.4. The third-order valence-corrected chi connectivity index (χ3v) is 8.64. The normalized spacial score (nSPS) is 21.2. The quantitative estimate of drug-likeness (QED) is 0.409. The Hall–Kier alpha value is -4.80. The summed E-state index contributed by atoms with van der Waals surface area (Å²) in [5, 5.41) is 13.3. The van der Waals surface area contributed by atoms with Gasteiger partial charge in [-0.3, -0.25) is 14.3 Å². The number of fused-ring (bicyclic) bond motifs is 2. The monoisotopic (exact) mass is 586 g/mol. The maximum absolute atomic E-state index is 13.8. The average molecular weight is 587 g/mol. The number of aromatic nitrogens is 2. The van der Waals surface area contributed by atoms with Crippen molar-refractivity contribution in [1.29, 1.82) is 0 Å². The highest BCUT2D eigenvalue weighted by atomic mass is 19.1. The lowest BCUT2D eigenvalue weighted by Gasteiger charge is -2.36. The second kappa shape index (κ2) is 11.1. The maximum Gasteiger partial charge on any atom is 0.418 e. The second-order valence-electron chi connectivity index (χ2n) is 11.4. The predicted molar refractivity (Wildman–Crippen MR) is 152 cm³/mol. The van der Waals surface area contributed by atoms with E-state index in [0.717, 1.165) is 27.2 Å². The van der Waals surface area contributed by atoms with Crippen LogP contribution in [0.5, 0.6) is 0 Å². The Labute approximate surface area is 247 Å². The third-order valence-electron chi connectivity index (χ3n) is 8.64. The van der Waals surface area contributed by atoms with Gasteiger partial charge in [0.2, 0.25) is 11.5 Å². The van der Waals surface area contributed by atoms with Crippen molar-refractivity contribution < 1.29 is 33.4 Å². The fourth-order valence-electron chi connectivity index (χ4n) is 6.44. The summed E-state index contributed by atoms with van der Waals surface area (Å²) >= 11 is 0. The lowest BCUT2D eigenvalue weighted by molar-refractivity contribution is -0.143. The summed E-state index contributed by atoms with van der Waals surface area (Å²) in [5.41, 5.74) is 3.43. The van der Waals surface area contributed by atoms with Crippen LogP contribution in [0.4, 0.5) is 9.18 Å². The summed E-state index contributed by atoms with van der Waals surface area (Å²) < 4.78 is 21.0. The van der Waals surface area contributed by atoms with Crippen LogP contribution in [0, 0.1) is 5.82 Å². The van der Waals surface area contributed by atoms with Crippen molar-refractivity contribution in [3.63, 3.8) is 0 Å². The SMILES string of the molecule is Cn1cc(-c2ccc3c(c2)CC[C@]32OC(=O)N(CC(=O)N(Cc3ccc(F)cc3)C3CCC(=CC(=O)O)CC3)C2=O)cn1. The molecule has 11 heteroatoms. The molecule has 1 saturated carbocycles. The van der Waals surface area contributed by atoms with Gasteiger partial charge in [0.25, 0.3) is 5.91 Å². The van der Waals surface area contributed by atoms with E-state index in [1.54, 1.807) is 27.9 Å². The molecule has 1 aliphatic heterocycles. The molecule has 10 nitrogen and oxygen atoms in total. The van der Waals surface area contributed by atoms with Crippen LogP contribution in [0.2, 0.25) is 0 Å². The Bertz CT molecular complexity index is 1640. The number of benzene rings is 2. The van der Waals surface area contributed by atoms with Crippen LogP contribution in [0.25, 0.3) is 11.1 Å². The van der Waals surface area contributed by atoms with Gasteiger partial charge in [-0.05, 0) is 60.9 Å². The molecular formula is C32H31FN4O6. The van der Waals surface area contributed by atoms with Crippen molar-refractivity contribution >= 4 is 23.9 Å². The molecule has 2 fully saturated rings. The molecule has 3 aromatic rings. The molecule has 1 N–H and O–H groups in total. The first-order valence-corrected chi connectivity index (χ1v) is 14.3. The number of aliphatic carboxylic acids is 1. The zero-order valence-electron chi connectivity index (χ0n) is 23.7. The van der Waals surface area contributed by atoms with E-state index in [2.05, 4.69) is 5.10 Å². The minimum atomic E-state index is -1.47. The molecule has 3 amide bonds. The van der Waals surface area contributed by atoms with Gasteiger partial charge >= 0.3 is 12.1 Å². The number of carbonyl (C=O) groups is 4. The second-order valence-corrected chi connectivity index (χ2v) is 11.4. The minimum absolute atomic E-state index is 0.157. The number of imide groups is 1. The highest BCUT2D eigenvalue weighted by Crippen LogP contribution is 2.46. The largest absolute Gasteiger partial charge is 0.478 e. The number of nitrogens with zero attached hydrogens (tertiary/aromatic N) is 4. The van der Waals surface area contributed by atoms with Gasteiger partial charge in [0.05, 0.1) is 6.20 Å². The highest BCUT2D eigenvalue weighted by molar-refractivity contribution is 6.06. The molecular weight excluding hydrogens is 555 g/mol. The van der Waals surface area contributed by atoms with Crippen LogP contribution < -0.4 is 0 Å². The van der Waals surface area contributed by atoms with Crippen LogP contribution in [0.3, 0.4) is 0 Å². The molecule has 2 heterocycles. The highest BCUT2D eigenvalue weighted by Gasteiger charge is 2.58. The van der Waals surface area contributed by atoms with Crippen molar-refractivity contribution in [3.8, 4) is 11.1 Å². The number of halogens is 1. The molecule has 43 heavy (non-hydrogen) atoms. The summed E-state index contributed by atoms with van der Waals surface area (Å²) in [7, 11) is 1.83. The molecule has 2 aromatic carbocycles. The number of hydrogen-bond acceptors (Lipinski definition) is 6. The molecule has 1 spiro atoms. The van der Waals surface area contributed by atoms with Crippen molar-refractivity contribution in [2.75, 3.05) is 6.54 Å². The summed E-state index contributed by atoms with van der Waals surface area (Å²) in [6.07, 6.45) is 6.90. The summed E-state index contributed by atoms with van der Waals surface area (Å²) in [5.74, 6) is -2.40. The van der Waals surface area contributed by atoms with Gasteiger partial charge in [-0.1, -0.05) is 35.9 Å². The number of carbonyl (C=O) groups excluding carboxylic acids is 3. The molecule has 0 bridgehead atoms. The van der Waals surface area contributed by atoms with Crippen LogP contribution in [-0.2, 0) is 44.7 Å². The van der Waals surface area contributed by atoms with Gasteiger partial charge in [-0.15, -0.1) is 0 Å². The lowest BCUT2D eigenvalue weighted by atomic mass is 9.89. The molecule has 222 valence electrons. The van der Waals surface area contributed by atoms with Crippen molar-refractivity contribution in [2.45, 2.75) is 56.7 Å². The molecule has 1 aromatic heterocycles. The van der Waals surface area contributed by atoms with E-state index in [1.165, 1.54) is 18.2 Å². The smallest absolute Gasteiger partial charge is 0.418 e. The number of allylic oxidation sites excluding steroid dienone is 1. The van der Waals surface area contributed by atoms with Gasteiger partial charge in [0.1, 0.15) is 12.4 Å². The summed E-state index contributed by atoms with van der Waals surface area (Å²) in [6, 6.07) is 11.2. The number of aryl methyl sites for hydroxylation is 2. The van der Waals surface area contributed by atoms with Crippen molar-refractivity contribution in [3.05, 3.63) is 89.0 Å². The van der Waals surface area contributed by atoms with E-state index >= 15 is 0 Å². The van der Waals surface area contributed by atoms with E-state index in [0.29, 0.717) is 43.2 Å². The van der Waals surface area contributed by atoms with E-state index < -0.39 is 41.8 Å². The molecule has 1 saturated heterocycles. The van der Waals surface area contributed by atoms with E-state index in [-0.39, 0.29) is 19.0 Å². The average Bonchev–Trinajstić information content (AvgIpc) is 3.65. The van der Waals surface area contributed by atoms with Crippen LogP contribution in [-0.4, -0.2) is 61.2 Å². The van der Waals surface area contributed by atoms with Crippen molar-refractivity contribution in [1.82, 2.24) is 19.6 Å². The van der Waals surface area contributed by atoms with E-state index in [9.17, 15) is 23.6 Å². The third kappa shape index (κ3) is 5.42. The van der Waals surface area contributed by atoms with E-state index in [4.69, 9.17) is 9.84 Å². The number of ether oxygens (including phenoxy) is 1. The molecule has 6 rings (SSSR count). The van der Waals surface area contributed by atoms with Gasteiger partial charge in [0, 0.05) is 49.5 Å². The Morgan fingerprint density at radius 2 is 1.86 bits per heavy atom. The topological polar surface area (TPSA) is 122 Å². The molecule has 0 unspecified atom stereocenters. The van der Waals surface area contributed by atoms with Crippen LogP contribution in [0.1, 0.15) is 48.8 Å². The van der Waals surface area contributed by atoms with Crippen molar-refractivity contribution in [2.24, 2.45) is 7.05 Å². The lowest BCUT2D eigenvalue weighted by Crippen LogP contribution is -2.48. The van der Waals surface area contributed by atoms with E-state index in [1.807, 2.05) is 31.4 Å². The fourth-order valence-corrected chi connectivity index (χ4v) is 6.44. The van der Waals surface area contributed by atoms with Gasteiger partial charge in [0.15, 0.2) is 0 Å². The number of hydrogen-bond donors (Lipinski definition) is 1. The zero-order chi connectivity index (χ0) is 30.3. The number of carboxylic acid groups (broad SMARTS) is 1. The first-order chi connectivity index (χ1) is 20.6. The Morgan fingerprint density at radius 3 is 2.53 bits per heavy atom. The van der Waals surface area contributed by atoms with Crippen LogP contribution >= 0.6 is 0 Å². The molecule has 1 atom stereocenters. The summed E-state index contributed by atoms with van der Waals surface area (Å²) in [6.45, 7) is -0.331. The predicted octanol–water partition coefficient (Wildman–Crippen LogP) is 4.33. The number of rotatable bonds is 7. The molecule has 3 aliphatic rings. The molecule has 0 radical (unpaired) electrons. The standard InChI is InChI=1S/C32H31FN4O6/c1-35-18-24(16-34-35)22-6-11-27-23(15-22)12-13-32(27)30(41)37(31(42)43-32)19-28(38)36(17-21-2-7-25(33)8-3-21)26-9-4-20(5-10-26)14-29(39)40/h2-3,6-8,11,14-16,18,26H,4-5,9-10,12-13,17,19H2,1H3,(H,39,40)/t26?,32-/m0/s1. The minimum Gasteiger partial charge on any atom is -0.478 e. The Kier molecular flexibility index (Phi) is 7.33. The Morgan fingerprint density at radius 1 is 1.12 bits per heavy atom. The van der Waals surface area contributed by atoms with Crippen LogP contribution in [0.15, 0.2) is 66.5 Å². The first kappa shape index (κ1) is 28.3. The zero-order valence-corrected chi connectivity index (χ0v) is 23.7. The van der Waals surface area contributed by atoms with Gasteiger partial charge in [-0.2, -0.15) is 5.10 Å².